The maximum absolute atomic E-state index is 12.8. The summed E-state index contributed by atoms with van der Waals surface area (Å²) in [6, 6.07) is 9.80. The van der Waals surface area contributed by atoms with E-state index in [9.17, 15) is 9.18 Å². The second-order valence-electron chi connectivity index (χ2n) is 5.27. The van der Waals surface area contributed by atoms with Crippen LogP contribution in [0.1, 0.15) is 42.1 Å². The van der Waals surface area contributed by atoms with Crippen LogP contribution in [0.4, 0.5) is 4.39 Å². The van der Waals surface area contributed by atoms with Crippen molar-refractivity contribution in [1.82, 2.24) is 0 Å². The van der Waals surface area contributed by atoms with Crippen molar-refractivity contribution in [3.63, 3.8) is 0 Å². The smallest absolute Gasteiger partial charge is 0.227 e. The predicted octanol–water partition coefficient (Wildman–Crippen LogP) is 0.733. The minimum absolute atomic E-state index is 0. The van der Waals surface area contributed by atoms with Crippen LogP contribution in [0.15, 0.2) is 48.8 Å². The molecule has 0 spiro atoms. The lowest BCUT2D eigenvalue weighted by molar-refractivity contribution is -0.683. The standard InChI is InChI=1S/C18H21FNO.BrH/c1-2-3-4-5-15-10-12-20(13-11-15)14-18(21)16-6-8-17(19)9-7-16;/h6-13H,2-5,14H2,1H3;1H/q+1;/p-1. The number of aromatic nitrogens is 1. The zero-order chi connectivity index (χ0) is 15.1. The van der Waals surface area contributed by atoms with Gasteiger partial charge in [-0.05, 0) is 42.7 Å². The number of aryl methyl sites for hydroxylation is 1. The number of halogens is 2. The number of hydrogen-bond acceptors (Lipinski definition) is 1. The van der Waals surface area contributed by atoms with Crippen molar-refractivity contribution in [2.45, 2.75) is 39.2 Å². The van der Waals surface area contributed by atoms with Crippen LogP contribution in [0, 0.1) is 5.82 Å². The first kappa shape index (κ1) is 18.5. The fourth-order valence-electron chi connectivity index (χ4n) is 2.23. The molecule has 0 aliphatic rings. The Hall–Kier alpha value is -1.55. The molecule has 118 valence electrons. The first-order valence-corrected chi connectivity index (χ1v) is 7.46. The van der Waals surface area contributed by atoms with Crippen molar-refractivity contribution in [2.24, 2.45) is 0 Å². The van der Waals surface area contributed by atoms with E-state index in [-0.39, 0.29) is 35.1 Å². The van der Waals surface area contributed by atoms with Gasteiger partial charge >= 0.3 is 0 Å². The molecule has 0 N–H and O–H groups in total. The van der Waals surface area contributed by atoms with Crippen molar-refractivity contribution in [3.8, 4) is 0 Å². The molecule has 0 saturated heterocycles. The molecule has 1 aromatic carbocycles. The highest BCUT2D eigenvalue weighted by molar-refractivity contribution is 5.94. The van der Waals surface area contributed by atoms with E-state index in [2.05, 4.69) is 19.1 Å². The molecule has 0 aliphatic heterocycles. The van der Waals surface area contributed by atoms with Gasteiger partial charge in [0.2, 0.25) is 12.3 Å². The average molecular weight is 366 g/mol. The lowest BCUT2D eigenvalue weighted by atomic mass is 10.1. The van der Waals surface area contributed by atoms with Gasteiger partial charge in [0.1, 0.15) is 5.82 Å². The van der Waals surface area contributed by atoms with E-state index in [0.29, 0.717) is 5.56 Å². The van der Waals surface area contributed by atoms with Gasteiger partial charge in [0.05, 0.1) is 0 Å². The molecule has 2 aromatic rings. The van der Waals surface area contributed by atoms with E-state index in [1.807, 2.05) is 17.0 Å². The van der Waals surface area contributed by atoms with Crippen molar-refractivity contribution in [2.75, 3.05) is 0 Å². The SMILES string of the molecule is CCCCCc1cc[n+](CC(=O)c2ccc(F)cc2)cc1.[Br-]. The Morgan fingerprint density at radius 3 is 2.27 bits per heavy atom. The number of carbonyl (C=O) groups excluding carboxylic acids is 1. The van der Waals surface area contributed by atoms with Crippen molar-refractivity contribution in [3.05, 3.63) is 65.7 Å². The number of unbranched alkanes of at least 4 members (excludes halogenated alkanes) is 2. The first-order valence-electron chi connectivity index (χ1n) is 7.46. The van der Waals surface area contributed by atoms with Crippen molar-refractivity contribution in [1.29, 1.82) is 0 Å². The summed E-state index contributed by atoms with van der Waals surface area (Å²) in [4.78, 5) is 12.1. The Morgan fingerprint density at radius 2 is 1.68 bits per heavy atom. The molecule has 0 bridgehead atoms. The highest BCUT2D eigenvalue weighted by Gasteiger charge is 2.12. The van der Waals surface area contributed by atoms with Gasteiger partial charge in [0.25, 0.3) is 0 Å². The topological polar surface area (TPSA) is 20.9 Å². The predicted molar refractivity (Wildman–Crippen MR) is 80.6 cm³/mol. The van der Waals surface area contributed by atoms with Gasteiger partial charge in [-0.15, -0.1) is 0 Å². The highest BCUT2D eigenvalue weighted by Crippen LogP contribution is 2.06. The number of hydrogen-bond donors (Lipinski definition) is 0. The van der Waals surface area contributed by atoms with E-state index in [1.54, 1.807) is 0 Å². The third-order valence-corrected chi connectivity index (χ3v) is 3.52. The summed E-state index contributed by atoms with van der Waals surface area (Å²) >= 11 is 0. The Bertz CT molecular complexity index is 581. The summed E-state index contributed by atoms with van der Waals surface area (Å²) in [5, 5.41) is 0. The third kappa shape index (κ3) is 5.68. The molecule has 2 nitrogen and oxygen atoms in total. The number of pyridine rings is 1. The van der Waals surface area contributed by atoms with E-state index < -0.39 is 0 Å². The first-order chi connectivity index (χ1) is 10.2. The average Bonchev–Trinajstić information content (AvgIpc) is 2.50. The minimum Gasteiger partial charge on any atom is -1.00 e. The Morgan fingerprint density at radius 1 is 1.05 bits per heavy atom. The number of nitrogens with zero attached hydrogens (tertiary/aromatic N) is 1. The van der Waals surface area contributed by atoms with Crippen LogP contribution in [-0.4, -0.2) is 5.78 Å². The number of benzene rings is 1. The molecule has 0 fully saturated rings. The molecule has 4 heteroatoms. The van der Waals surface area contributed by atoms with Crippen molar-refractivity contribution >= 4 is 5.78 Å². The highest BCUT2D eigenvalue weighted by atomic mass is 79.9. The molecule has 0 amide bonds. The molecule has 0 atom stereocenters. The van der Waals surface area contributed by atoms with Crippen LogP contribution in [-0.2, 0) is 13.0 Å². The monoisotopic (exact) mass is 365 g/mol. The summed E-state index contributed by atoms with van der Waals surface area (Å²) in [6.45, 7) is 2.47. The van der Waals surface area contributed by atoms with Gasteiger partial charge in [-0.25, -0.2) is 4.39 Å². The molecular weight excluding hydrogens is 345 g/mol. The summed E-state index contributed by atoms with van der Waals surface area (Å²) in [5.41, 5.74) is 1.84. The molecule has 0 radical (unpaired) electrons. The largest absolute Gasteiger partial charge is 1.00 e. The van der Waals surface area contributed by atoms with Crippen LogP contribution < -0.4 is 21.5 Å². The van der Waals surface area contributed by atoms with Gasteiger partial charge in [0, 0.05) is 17.7 Å². The minimum atomic E-state index is -0.323. The normalized spacial score (nSPS) is 10.1. The van der Waals surface area contributed by atoms with Crippen molar-refractivity contribution < 1.29 is 30.7 Å². The second-order valence-corrected chi connectivity index (χ2v) is 5.27. The molecule has 0 aliphatic carbocycles. The molecule has 0 unspecified atom stereocenters. The lowest BCUT2D eigenvalue weighted by Crippen LogP contribution is -3.00. The van der Waals surface area contributed by atoms with E-state index >= 15 is 0 Å². The van der Waals surface area contributed by atoms with E-state index in [0.717, 1.165) is 6.42 Å². The van der Waals surface area contributed by atoms with E-state index in [4.69, 9.17) is 0 Å². The Labute approximate surface area is 141 Å². The van der Waals surface area contributed by atoms with E-state index in [1.165, 1.54) is 49.1 Å². The fourth-order valence-corrected chi connectivity index (χ4v) is 2.23. The third-order valence-electron chi connectivity index (χ3n) is 3.52. The summed E-state index contributed by atoms with van der Waals surface area (Å²) in [7, 11) is 0. The van der Waals surface area contributed by atoms with Gasteiger partial charge in [-0.1, -0.05) is 19.8 Å². The van der Waals surface area contributed by atoms with Crippen LogP contribution >= 0.6 is 0 Å². The molecule has 1 aromatic heterocycles. The molecule has 2 rings (SSSR count). The zero-order valence-corrected chi connectivity index (χ0v) is 14.4. The van der Waals surface area contributed by atoms with Crippen LogP contribution in [0.3, 0.4) is 0 Å². The fraction of sp³-hybridized carbons (Fsp3) is 0.333. The zero-order valence-electron chi connectivity index (χ0n) is 12.8. The Kier molecular flexibility index (Phi) is 7.96. The van der Waals surface area contributed by atoms with Gasteiger partial charge in [-0.2, -0.15) is 4.57 Å². The van der Waals surface area contributed by atoms with Crippen LogP contribution in [0.5, 0.6) is 0 Å². The van der Waals surface area contributed by atoms with Crippen LogP contribution in [0.25, 0.3) is 0 Å². The number of Topliss-reactive ketones (excluding diaryl/α,β-unsaturated/α-hetero) is 1. The second kappa shape index (κ2) is 9.46. The maximum Gasteiger partial charge on any atom is 0.227 e. The van der Waals surface area contributed by atoms with Gasteiger partial charge < -0.3 is 17.0 Å². The summed E-state index contributed by atoms with van der Waals surface area (Å²) in [5.74, 6) is -0.339. The van der Waals surface area contributed by atoms with Gasteiger partial charge in [0.15, 0.2) is 12.4 Å². The number of rotatable bonds is 7. The van der Waals surface area contributed by atoms with Gasteiger partial charge in [-0.3, -0.25) is 4.79 Å². The maximum atomic E-state index is 12.8. The molecule has 0 saturated carbocycles. The summed E-state index contributed by atoms with van der Waals surface area (Å²) < 4.78 is 14.7. The Balaban J connectivity index is 0.00000242. The molecular formula is C18H21BrFNO. The van der Waals surface area contributed by atoms with Crippen LogP contribution in [0.2, 0.25) is 0 Å². The quantitative estimate of drug-likeness (QED) is 0.402. The summed E-state index contributed by atoms with van der Waals surface area (Å²) in [6.07, 6.45) is 8.62. The lowest BCUT2D eigenvalue weighted by Gasteiger charge is -2.01. The molecule has 22 heavy (non-hydrogen) atoms. The molecule has 1 heterocycles. The number of ketones is 1. The number of carbonyl (C=O) groups is 1.